The van der Waals surface area contributed by atoms with Crippen molar-refractivity contribution >= 4 is 11.7 Å². The summed E-state index contributed by atoms with van der Waals surface area (Å²) in [5.74, 6) is 0.0536. The van der Waals surface area contributed by atoms with Gasteiger partial charge in [0.25, 0.3) is 5.69 Å². The van der Waals surface area contributed by atoms with E-state index in [1.807, 2.05) is 0 Å². The standard InChI is InChI=1S/C17H14N4O4/c1-12-8-13(2-3-15(12)21(23)24)10-25-17(22)14-4-5-19-16(9-14)20-7-6-18-11-20/h2-9,11H,10H2,1H3. The molecule has 0 saturated heterocycles. The predicted molar refractivity (Wildman–Crippen MR) is 88.3 cm³/mol. The minimum absolute atomic E-state index is 0.0282. The van der Waals surface area contributed by atoms with E-state index in [9.17, 15) is 14.9 Å². The van der Waals surface area contributed by atoms with Crippen molar-refractivity contribution in [3.63, 3.8) is 0 Å². The van der Waals surface area contributed by atoms with E-state index in [0.29, 0.717) is 22.5 Å². The molecule has 2 heterocycles. The zero-order valence-electron chi connectivity index (χ0n) is 13.3. The minimum atomic E-state index is -0.500. The molecule has 0 amide bonds. The molecule has 0 spiro atoms. The highest BCUT2D eigenvalue weighted by atomic mass is 16.6. The zero-order valence-corrected chi connectivity index (χ0v) is 13.3. The molecule has 3 aromatic rings. The number of nitro benzene ring substituents is 1. The molecule has 0 N–H and O–H groups in total. The van der Waals surface area contributed by atoms with E-state index in [0.717, 1.165) is 0 Å². The number of benzene rings is 1. The fourth-order valence-electron chi connectivity index (χ4n) is 2.33. The Balaban J connectivity index is 1.70. The van der Waals surface area contributed by atoms with E-state index in [2.05, 4.69) is 9.97 Å². The van der Waals surface area contributed by atoms with Gasteiger partial charge < -0.3 is 4.74 Å². The van der Waals surface area contributed by atoms with Crippen LogP contribution in [-0.2, 0) is 11.3 Å². The highest BCUT2D eigenvalue weighted by Crippen LogP contribution is 2.19. The molecule has 0 aliphatic rings. The van der Waals surface area contributed by atoms with Crippen molar-refractivity contribution in [2.24, 2.45) is 0 Å². The summed E-state index contributed by atoms with van der Waals surface area (Å²) >= 11 is 0. The van der Waals surface area contributed by atoms with E-state index in [4.69, 9.17) is 4.74 Å². The van der Waals surface area contributed by atoms with Gasteiger partial charge in [-0.05, 0) is 36.8 Å². The van der Waals surface area contributed by atoms with Crippen LogP contribution in [0.15, 0.2) is 55.2 Å². The van der Waals surface area contributed by atoms with E-state index in [1.165, 1.54) is 12.3 Å². The first-order valence-electron chi connectivity index (χ1n) is 7.40. The second kappa shape index (κ2) is 6.91. The molecule has 3 rings (SSSR count). The van der Waals surface area contributed by atoms with Gasteiger partial charge >= 0.3 is 5.97 Å². The van der Waals surface area contributed by atoms with Gasteiger partial charge in [0.05, 0.1) is 10.5 Å². The van der Waals surface area contributed by atoms with Crippen molar-refractivity contribution < 1.29 is 14.5 Å². The van der Waals surface area contributed by atoms with Gasteiger partial charge in [-0.25, -0.2) is 14.8 Å². The van der Waals surface area contributed by atoms with Crippen molar-refractivity contribution in [2.75, 3.05) is 0 Å². The Bertz CT molecular complexity index is 922. The fourth-order valence-corrected chi connectivity index (χ4v) is 2.33. The Morgan fingerprint density at radius 1 is 1.28 bits per heavy atom. The maximum Gasteiger partial charge on any atom is 0.338 e. The number of nitro groups is 1. The monoisotopic (exact) mass is 338 g/mol. The van der Waals surface area contributed by atoms with Crippen LogP contribution in [-0.4, -0.2) is 25.4 Å². The third-order valence-electron chi connectivity index (χ3n) is 3.58. The van der Waals surface area contributed by atoms with E-state index in [1.54, 1.807) is 54.5 Å². The van der Waals surface area contributed by atoms with E-state index >= 15 is 0 Å². The number of aromatic nitrogens is 3. The highest BCUT2D eigenvalue weighted by molar-refractivity contribution is 5.89. The quantitative estimate of drug-likeness (QED) is 0.403. The second-order valence-electron chi connectivity index (χ2n) is 5.33. The number of esters is 1. The van der Waals surface area contributed by atoms with Gasteiger partial charge in [0, 0.05) is 30.2 Å². The number of hydrogen-bond acceptors (Lipinski definition) is 6. The molecular formula is C17H14N4O4. The molecule has 8 heteroatoms. The smallest absolute Gasteiger partial charge is 0.338 e. The van der Waals surface area contributed by atoms with Crippen LogP contribution in [0.4, 0.5) is 5.69 Å². The van der Waals surface area contributed by atoms with Gasteiger partial charge in [-0.2, -0.15) is 0 Å². The summed E-state index contributed by atoms with van der Waals surface area (Å²) in [6.07, 6.45) is 6.43. The van der Waals surface area contributed by atoms with Crippen molar-refractivity contribution in [3.05, 3.63) is 82.1 Å². The van der Waals surface area contributed by atoms with Crippen LogP contribution in [0.3, 0.4) is 0 Å². The molecule has 1 aromatic carbocycles. The molecule has 0 bridgehead atoms. The number of hydrogen-bond donors (Lipinski definition) is 0. The number of imidazole rings is 1. The summed E-state index contributed by atoms with van der Waals surface area (Å²) in [6, 6.07) is 7.77. The van der Waals surface area contributed by atoms with Gasteiger partial charge in [0.2, 0.25) is 0 Å². The van der Waals surface area contributed by atoms with Gasteiger partial charge in [0.15, 0.2) is 0 Å². The molecule has 0 aliphatic heterocycles. The number of aryl methyl sites for hydroxylation is 1. The van der Waals surface area contributed by atoms with Gasteiger partial charge in [-0.3, -0.25) is 14.7 Å². The maximum atomic E-state index is 12.2. The maximum absolute atomic E-state index is 12.2. The highest BCUT2D eigenvalue weighted by Gasteiger charge is 2.13. The fraction of sp³-hybridized carbons (Fsp3) is 0.118. The Kier molecular flexibility index (Phi) is 4.51. The molecule has 126 valence electrons. The molecule has 0 radical (unpaired) electrons. The van der Waals surface area contributed by atoms with Gasteiger partial charge in [-0.15, -0.1) is 0 Å². The Morgan fingerprint density at radius 3 is 2.80 bits per heavy atom. The lowest BCUT2D eigenvalue weighted by molar-refractivity contribution is -0.385. The summed E-state index contributed by atoms with van der Waals surface area (Å²) in [4.78, 5) is 30.7. The van der Waals surface area contributed by atoms with Crippen LogP contribution in [0.5, 0.6) is 0 Å². The minimum Gasteiger partial charge on any atom is -0.457 e. The van der Waals surface area contributed by atoms with Crippen LogP contribution in [0, 0.1) is 17.0 Å². The first kappa shape index (κ1) is 16.3. The molecule has 2 aromatic heterocycles. The number of pyridine rings is 1. The van der Waals surface area contributed by atoms with Gasteiger partial charge in [-0.1, -0.05) is 0 Å². The van der Waals surface area contributed by atoms with E-state index < -0.39 is 10.9 Å². The zero-order chi connectivity index (χ0) is 17.8. The third kappa shape index (κ3) is 3.69. The molecule has 0 saturated carbocycles. The van der Waals surface area contributed by atoms with Crippen molar-refractivity contribution in [1.29, 1.82) is 0 Å². The normalized spacial score (nSPS) is 10.4. The summed E-state index contributed by atoms with van der Waals surface area (Å²) in [6.45, 7) is 1.67. The molecule has 0 aliphatic carbocycles. The number of ether oxygens (including phenoxy) is 1. The van der Waals surface area contributed by atoms with Crippen LogP contribution in [0.25, 0.3) is 5.82 Å². The average molecular weight is 338 g/mol. The SMILES string of the molecule is Cc1cc(COC(=O)c2ccnc(-n3ccnc3)c2)ccc1[N+](=O)[O-]. The summed E-state index contributed by atoms with van der Waals surface area (Å²) in [5.41, 5.74) is 1.59. The van der Waals surface area contributed by atoms with Gasteiger partial charge in [0.1, 0.15) is 18.8 Å². The van der Waals surface area contributed by atoms with Crippen LogP contribution in [0.2, 0.25) is 0 Å². The van der Waals surface area contributed by atoms with Crippen LogP contribution in [0.1, 0.15) is 21.5 Å². The average Bonchev–Trinajstić information content (AvgIpc) is 3.14. The molecule has 8 nitrogen and oxygen atoms in total. The Hall–Kier alpha value is -3.55. The summed E-state index contributed by atoms with van der Waals surface area (Å²) in [7, 11) is 0. The summed E-state index contributed by atoms with van der Waals surface area (Å²) in [5, 5.41) is 10.8. The van der Waals surface area contributed by atoms with Crippen LogP contribution >= 0.6 is 0 Å². The largest absolute Gasteiger partial charge is 0.457 e. The number of carbonyl (C=O) groups excluding carboxylic acids is 1. The molecule has 0 unspecified atom stereocenters. The lowest BCUT2D eigenvalue weighted by Crippen LogP contribution is -2.07. The van der Waals surface area contributed by atoms with Crippen LogP contribution < -0.4 is 0 Å². The third-order valence-corrected chi connectivity index (χ3v) is 3.58. The predicted octanol–water partition coefficient (Wildman–Crippen LogP) is 2.84. The molecular weight excluding hydrogens is 324 g/mol. The number of nitrogens with zero attached hydrogens (tertiary/aromatic N) is 4. The lowest BCUT2D eigenvalue weighted by Gasteiger charge is -2.07. The van der Waals surface area contributed by atoms with Crippen molar-refractivity contribution in [1.82, 2.24) is 14.5 Å². The Labute approximate surface area is 142 Å². The molecule has 25 heavy (non-hydrogen) atoms. The first-order chi connectivity index (χ1) is 12.0. The first-order valence-corrected chi connectivity index (χ1v) is 7.40. The molecule has 0 atom stereocenters. The summed E-state index contributed by atoms with van der Waals surface area (Å²) < 4.78 is 6.96. The second-order valence-corrected chi connectivity index (χ2v) is 5.33. The lowest BCUT2D eigenvalue weighted by atomic mass is 10.1. The van der Waals surface area contributed by atoms with Crippen molar-refractivity contribution in [2.45, 2.75) is 13.5 Å². The Morgan fingerprint density at radius 2 is 2.12 bits per heavy atom. The topological polar surface area (TPSA) is 100 Å². The number of carbonyl (C=O) groups is 1. The van der Waals surface area contributed by atoms with E-state index in [-0.39, 0.29) is 12.3 Å². The van der Waals surface area contributed by atoms with Crippen molar-refractivity contribution in [3.8, 4) is 5.82 Å². The molecule has 0 fully saturated rings. The number of rotatable bonds is 5.